The van der Waals surface area contributed by atoms with E-state index in [9.17, 15) is 0 Å². The van der Waals surface area contributed by atoms with E-state index in [1.165, 1.54) is 22.3 Å². The highest BCUT2D eigenvalue weighted by molar-refractivity contribution is 7.99. The molecule has 4 nitrogen and oxygen atoms in total. The second-order valence-corrected chi connectivity index (χ2v) is 10.9. The molecule has 2 heterocycles. The summed E-state index contributed by atoms with van der Waals surface area (Å²) < 4.78 is 2.16. The lowest BCUT2D eigenvalue weighted by atomic mass is 9.72. The molecule has 1 aliphatic carbocycles. The van der Waals surface area contributed by atoms with Gasteiger partial charge in [0, 0.05) is 22.6 Å². The van der Waals surface area contributed by atoms with Gasteiger partial charge in [0.2, 0.25) is 0 Å². The molecule has 6 heteroatoms. The lowest BCUT2D eigenvalue weighted by Gasteiger charge is -2.33. The lowest BCUT2D eigenvalue weighted by molar-refractivity contribution is 0.512. The van der Waals surface area contributed by atoms with Crippen molar-refractivity contribution in [2.45, 2.75) is 48.7 Å². The van der Waals surface area contributed by atoms with Gasteiger partial charge in [0.05, 0.1) is 5.69 Å². The van der Waals surface area contributed by atoms with Gasteiger partial charge < -0.3 is 0 Å². The minimum absolute atomic E-state index is 0.0795. The first kappa shape index (κ1) is 21.3. The van der Waals surface area contributed by atoms with Crippen LogP contribution in [0.2, 0.25) is 0 Å². The van der Waals surface area contributed by atoms with Crippen LogP contribution in [0.1, 0.15) is 37.5 Å². The van der Waals surface area contributed by atoms with Crippen LogP contribution in [0.3, 0.4) is 0 Å². The molecule has 162 valence electrons. The summed E-state index contributed by atoms with van der Waals surface area (Å²) in [4.78, 5) is 5.26. The number of thioether (sulfide) groups is 2. The van der Waals surface area contributed by atoms with Crippen molar-refractivity contribution in [1.29, 1.82) is 0 Å². The first-order valence-corrected chi connectivity index (χ1v) is 12.7. The van der Waals surface area contributed by atoms with E-state index in [1.807, 2.05) is 6.92 Å². The van der Waals surface area contributed by atoms with Crippen molar-refractivity contribution in [3.63, 3.8) is 0 Å². The summed E-state index contributed by atoms with van der Waals surface area (Å²) in [5.74, 6) is 1.66. The number of aromatic nitrogens is 4. The van der Waals surface area contributed by atoms with Gasteiger partial charge in [-0.3, -0.25) is 0 Å². The molecule has 2 aromatic heterocycles. The molecular weight excluding hydrogens is 432 g/mol. The van der Waals surface area contributed by atoms with Gasteiger partial charge >= 0.3 is 0 Å². The Hall–Kier alpha value is -2.57. The van der Waals surface area contributed by atoms with E-state index in [2.05, 4.69) is 84.5 Å². The summed E-state index contributed by atoms with van der Waals surface area (Å²) in [5.41, 5.74) is 8.03. The fourth-order valence-corrected chi connectivity index (χ4v) is 6.08. The Balaban J connectivity index is 1.70. The summed E-state index contributed by atoms with van der Waals surface area (Å²) in [7, 11) is 0. The molecule has 0 fully saturated rings. The number of fused-ring (bicyclic) bond motifs is 5. The SMILES string of the molecule is C=C(C)CSc1nnc2c3c(nc(SCc4ccccc4)n12)-c1ccccc1CC3(C)C. The predicted octanol–water partition coefficient (Wildman–Crippen LogP) is 6.59. The standard InChI is InChI=1S/C26H26N4S2/c1-17(2)15-31-25-29-28-23-21-22(20-13-9-8-12-19(20)14-26(21,3)4)27-24(30(23)25)32-16-18-10-6-5-7-11-18/h5-13H,1,14-16H2,2-4H3. The first-order chi connectivity index (χ1) is 15.4. The highest BCUT2D eigenvalue weighted by Crippen LogP contribution is 2.45. The first-order valence-electron chi connectivity index (χ1n) is 10.8. The van der Waals surface area contributed by atoms with Crippen molar-refractivity contribution in [3.05, 3.63) is 83.4 Å². The fourth-order valence-electron chi connectivity index (χ4n) is 4.30. The highest BCUT2D eigenvalue weighted by atomic mass is 32.2. The van der Waals surface area contributed by atoms with Crippen molar-refractivity contribution < 1.29 is 0 Å². The Morgan fingerprint density at radius 2 is 1.75 bits per heavy atom. The molecular formula is C26H26N4S2. The second-order valence-electron chi connectivity index (χ2n) is 9.00. The van der Waals surface area contributed by atoms with Crippen LogP contribution in [0.4, 0.5) is 0 Å². The summed E-state index contributed by atoms with van der Waals surface area (Å²) in [6.45, 7) is 10.7. The van der Waals surface area contributed by atoms with Crippen LogP contribution in [0.5, 0.6) is 0 Å². The van der Waals surface area contributed by atoms with Crippen LogP contribution >= 0.6 is 23.5 Å². The molecule has 1 aliphatic rings. The van der Waals surface area contributed by atoms with E-state index < -0.39 is 0 Å². The van der Waals surface area contributed by atoms with Gasteiger partial charge in [0.1, 0.15) is 0 Å². The van der Waals surface area contributed by atoms with Gasteiger partial charge in [0.25, 0.3) is 0 Å². The van der Waals surface area contributed by atoms with Gasteiger partial charge in [-0.2, -0.15) is 0 Å². The molecule has 0 bridgehead atoms. The van der Waals surface area contributed by atoms with Gasteiger partial charge in [0.15, 0.2) is 16.0 Å². The van der Waals surface area contributed by atoms with E-state index in [0.29, 0.717) is 0 Å². The molecule has 0 aliphatic heterocycles. The maximum Gasteiger partial charge on any atom is 0.198 e. The monoisotopic (exact) mass is 458 g/mol. The fraction of sp³-hybridized carbons (Fsp3) is 0.269. The van der Waals surface area contributed by atoms with Gasteiger partial charge in [-0.15, -0.1) is 10.2 Å². The number of rotatable bonds is 6. The molecule has 0 saturated carbocycles. The van der Waals surface area contributed by atoms with Crippen molar-refractivity contribution in [2.24, 2.45) is 0 Å². The van der Waals surface area contributed by atoms with E-state index in [0.717, 1.165) is 45.2 Å². The topological polar surface area (TPSA) is 43.1 Å². The zero-order valence-corrected chi connectivity index (χ0v) is 20.3. The van der Waals surface area contributed by atoms with Crippen molar-refractivity contribution in [2.75, 3.05) is 5.75 Å². The summed E-state index contributed by atoms with van der Waals surface area (Å²) >= 11 is 3.41. The maximum atomic E-state index is 5.26. The number of benzene rings is 2. The Morgan fingerprint density at radius 3 is 2.53 bits per heavy atom. The quantitative estimate of drug-likeness (QED) is 0.185. The Labute approximate surface area is 197 Å². The zero-order valence-electron chi connectivity index (χ0n) is 18.6. The van der Waals surface area contributed by atoms with Crippen LogP contribution in [0.15, 0.2) is 77.1 Å². The minimum Gasteiger partial charge on any atom is -0.248 e. The number of hydrogen-bond donors (Lipinski definition) is 0. The third kappa shape index (κ3) is 3.86. The summed E-state index contributed by atoms with van der Waals surface area (Å²) in [5, 5.41) is 11.1. The third-order valence-electron chi connectivity index (χ3n) is 5.73. The molecule has 4 aromatic rings. The maximum absolute atomic E-state index is 5.26. The van der Waals surface area contributed by atoms with Gasteiger partial charge in [-0.1, -0.05) is 104 Å². The van der Waals surface area contributed by atoms with E-state index >= 15 is 0 Å². The molecule has 5 rings (SSSR count). The molecule has 0 N–H and O–H groups in total. The molecule has 0 saturated heterocycles. The Morgan fingerprint density at radius 1 is 1.00 bits per heavy atom. The number of hydrogen-bond acceptors (Lipinski definition) is 5. The lowest BCUT2D eigenvalue weighted by Crippen LogP contribution is -2.28. The van der Waals surface area contributed by atoms with Crippen LogP contribution in [0, 0.1) is 0 Å². The van der Waals surface area contributed by atoms with Gasteiger partial charge in [-0.05, 0) is 29.9 Å². The Kier molecular flexibility index (Phi) is 5.59. The average molecular weight is 459 g/mol. The molecule has 0 amide bonds. The Bertz CT molecular complexity index is 1310. The largest absolute Gasteiger partial charge is 0.248 e. The van der Waals surface area contributed by atoms with Crippen molar-refractivity contribution in [3.8, 4) is 11.3 Å². The molecule has 32 heavy (non-hydrogen) atoms. The predicted molar refractivity (Wildman–Crippen MR) is 134 cm³/mol. The van der Waals surface area contributed by atoms with Crippen LogP contribution in [-0.4, -0.2) is 25.3 Å². The van der Waals surface area contributed by atoms with Crippen molar-refractivity contribution in [1.82, 2.24) is 19.6 Å². The summed E-state index contributed by atoms with van der Waals surface area (Å²) in [6, 6.07) is 19.2. The van der Waals surface area contributed by atoms with Crippen LogP contribution in [0.25, 0.3) is 16.9 Å². The van der Waals surface area contributed by atoms with E-state index in [4.69, 9.17) is 10.1 Å². The highest BCUT2D eigenvalue weighted by Gasteiger charge is 2.36. The van der Waals surface area contributed by atoms with Crippen molar-refractivity contribution >= 4 is 29.2 Å². The zero-order chi connectivity index (χ0) is 22.3. The molecule has 0 atom stereocenters. The van der Waals surface area contributed by atoms with Crippen LogP contribution < -0.4 is 0 Å². The third-order valence-corrected chi connectivity index (χ3v) is 7.90. The molecule has 0 unspecified atom stereocenters. The van der Waals surface area contributed by atoms with E-state index in [-0.39, 0.29) is 5.41 Å². The minimum atomic E-state index is -0.0795. The number of nitrogens with zero attached hydrogens (tertiary/aromatic N) is 4. The van der Waals surface area contributed by atoms with Gasteiger partial charge in [-0.25, -0.2) is 9.38 Å². The second kappa shape index (κ2) is 8.41. The normalized spacial score (nSPS) is 14.2. The molecule has 0 radical (unpaired) electrons. The summed E-state index contributed by atoms with van der Waals surface area (Å²) in [6.07, 6.45) is 0.963. The van der Waals surface area contributed by atoms with Crippen LogP contribution in [-0.2, 0) is 17.6 Å². The van der Waals surface area contributed by atoms with E-state index in [1.54, 1.807) is 23.5 Å². The average Bonchev–Trinajstić information content (AvgIpc) is 3.20. The molecule has 2 aromatic carbocycles. The molecule has 0 spiro atoms. The smallest absolute Gasteiger partial charge is 0.198 e.